The van der Waals surface area contributed by atoms with E-state index in [4.69, 9.17) is 5.73 Å². The summed E-state index contributed by atoms with van der Waals surface area (Å²) >= 11 is 1.49. The summed E-state index contributed by atoms with van der Waals surface area (Å²) in [6, 6.07) is -0.473. The highest BCUT2D eigenvalue weighted by Crippen LogP contribution is 2.18. The first-order valence-corrected chi connectivity index (χ1v) is 5.87. The van der Waals surface area contributed by atoms with Crippen molar-refractivity contribution in [2.75, 3.05) is 5.32 Å². The second-order valence-electron chi connectivity index (χ2n) is 3.74. The molecule has 16 heavy (non-hydrogen) atoms. The van der Waals surface area contributed by atoms with Gasteiger partial charge in [-0.25, -0.2) is 4.98 Å². The van der Waals surface area contributed by atoms with E-state index in [1.807, 2.05) is 13.8 Å². The summed E-state index contributed by atoms with van der Waals surface area (Å²) in [5, 5.41) is 3.35. The number of aryl methyl sites for hydroxylation is 1. The standard InChI is InChI=1S/C10H17N3OS.ClH/c1-4-7-5-12-10(15-7)13-9(14)8(11)6(2)3;/h5-6,8H,4,11H2,1-3H3,(H,12,13,14);1H/t8-;/m0./s1. The van der Waals surface area contributed by atoms with E-state index in [0.717, 1.165) is 11.3 Å². The normalized spacial score (nSPS) is 12.1. The maximum Gasteiger partial charge on any atom is 0.243 e. The molecule has 0 aliphatic carbocycles. The summed E-state index contributed by atoms with van der Waals surface area (Å²) in [5.41, 5.74) is 5.71. The predicted molar refractivity (Wildman–Crippen MR) is 70.2 cm³/mol. The Balaban J connectivity index is 0.00000225. The van der Waals surface area contributed by atoms with Crippen molar-refractivity contribution in [3.05, 3.63) is 11.1 Å². The van der Waals surface area contributed by atoms with Crippen molar-refractivity contribution in [2.45, 2.75) is 33.2 Å². The van der Waals surface area contributed by atoms with Crippen LogP contribution >= 0.6 is 23.7 Å². The van der Waals surface area contributed by atoms with Crippen molar-refractivity contribution in [3.8, 4) is 0 Å². The number of nitrogens with one attached hydrogen (secondary N) is 1. The van der Waals surface area contributed by atoms with Crippen LogP contribution in [0.15, 0.2) is 6.20 Å². The molecule has 0 aromatic carbocycles. The minimum Gasteiger partial charge on any atom is -0.320 e. The van der Waals surface area contributed by atoms with E-state index >= 15 is 0 Å². The van der Waals surface area contributed by atoms with Gasteiger partial charge in [-0.1, -0.05) is 20.8 Å². The molecule has 1 amide bonds. The number of carbonyl (C=O) groups is 1. The largest absolute Gasteiger partial charge is 0.320 e. The van der Waals surface area contributed by atoms with Gasteiger partial charge in [0.15, 0.2) is 5.13 Å². The van der Waals surface area contributed by atoms with Gasteiger partial charge in [0, 0.05) is 11.1 Å². The first kappa shape index (κ1) is 15.3. The zero-order valence-corrected chi connectivity index (χ0v) is 11.3. The third kappa shape index (κ3) is 4.08. The van der Waals surface area contributed by atoms with Crippen LogP contribution in [0.2, 0.25) is 0 Å². The van der Waals surface area contributed by atoms with Gasteiger partial charge in [-0.2, -0.15) is 0 Å². The van der Waals surface area contributed by atoms with E-state index < -0.39 is 6.04 Å². The van der Waals surface area contributed by atoms with E-state index in [1.165, 1.54) is 11.3 Å². The molecule has 0 unspecified atom stereocenters. The summed E-state index contributed by atoms with van der Waals surface area (Å²) < 4.78 is 0. The molecular weight excluding hydrogens is 246 g/mol. The monoisotopic (exact) mass is 263 g/mol. The number of hydrogen-bond acceptors (Lipinski definition) is 4. The molecule has 92 valence electrons. The SMILES string of the molecule is CCc1cnc(NC(=O)[C@@H](N)C(C)C)s1.Cl. The number of thiazole rings is 1. The number of carbonyl (C=O) groups excluding carboxylic acids is 1. The minimum atomic E-state index is -0.473. The van der Waals surface area contributed by atoms with Crippen molar-refractivity contribution in [1.29, 1.82) is 0 Å². The smallest absolute Gasteiger partial charge is 0.243 e. The van der Waals surface area contributed by atoms with Gasteiger partial charge in [0.05, 0.1) is 6.04 Å². The Morgan fingerprint density at radius 1 is 1.62 bits per heavy atom. The van der Waals surface area contributed by atoms with Crippen LogP contribution in [0.1, 0.15) is 25.6 Å². The molecule has 1 heterocycles. The van der Waals surface area contributed by atoms with Crippen LogP contribution in [0, 0.1) is 5.92 Å². The van der Waals surface area contributed by atoms with Gasteiger partial charge in [0.25, 0.3) is 0 Å². The van der Waals surface area contributed by atoms with E-state index in [9.17, 15) is 4.79 Å². The van der Waals surface area contributed by atoms with Gasteiger partial charge in [0.1, 0.15) is 0 Å². The highest BCUT2D eigenvalue weighted by Gasteiger charge is 2.18. The lowest BCUT2D eigenvalue weighted by atomic mass is 10.1. The molecule has 1 atom stereocenters. The Morgan fingerprint density at radius 2 is 2.25 bits per heavy atom. The molecular formula is C10H18ClN3OS. The maximum atomic E-state index is 11.6. The van der Waals surface area contributed by atoms with Crippen LogP contribution in [0.3, 0.4) is 0 Å². The van der Waals surface area contributed by atoms with Crippen LogP contribution in [0.25, 0.3) is 0 Å². The molecule has 0 saturated heterocycles. The number of amides is 1. The van der Waals surface area contributed by atoms with Gasteiger partial charge in [0.2, 0.25) is 5.91 Å². The molecule has 0 aliphatic heterocycles. The number of halogens is 1. The number of hydrogen-bond donors (Lipinski definition) is 2. The molecule has 0 radical (unpaired) electrons. The number of rotatable bonds is 4. The Hall–Kier alpha value is -0.650. The van der Waals surface area contributed by atoms with E-state index in [1.54, 1.807) is 6.20 Å². The number of anilines is 1. The Bertz CT molecular complexity index is 341. The Labute approximate surface area is 106 Å². The lowest BCUT2D eigenvalue weighted by Gasteiger charge is -2.13. The topological polar surface area (TPSA) is 68.0 Å². The van der Waals surface area contributed by atoms with Crippen LogP contribution in [0.5, 0.6) is 0 Å². The third-order valence-corrected chi connectivity index (χ3v) is 3.21. The fourth-order valence-corrected chi connectivity index (χ4v) is 1.78. The van der Waals surface area contributed by atoms with Gasteiger partial charge in [-0.05, 0) is 12.3 Å². The highest BCUT2D eigenvalue weighted by atomic mass is 35.5. The van der Waals surface area contributed by atoms with Gasteiger partial charge in [-0.3, -0.25) is 4.79 Å². The molecule has 0 spiro atoms. The molecule has 1 rings (SSSR count). The van der Waals surface area contributed by atoms with Gasteiger partial charge >= 0.3 is 0 Å². The van der Waals surface area contributed by atoms with Crippen LogP contribution in [-0.2, 0) is 11.2 Å². The Kier molecular flexibility index (Phi) is 6.55. The van der Waals surface area contributed by atoms with E-state index in [2.05, 4.69) is 17.2 Å². The van der Waals surface area contributed by atoms with Crippen LogP contribution in [0.4, 0.5) is 5.13 Å². The van der Waals surface area contributed by atoms with Crippen LogP contribution < -0.4 is 11.1 Å². The summed E-state index contributed by atoms with van der Waals surface area (Å²) in [4.78, 5) is 16.8. The zero-order chi connectivity index (χ0) is 11.4. The predicted octanol–water partition coefficient (Wildman–Crippen LogP) is 2.05. The third-order valence-electron chi connectivity index (χ3n) is 2.15. The summed E-state index contributed by atoms with van der Waals surface area (Å²) in [6.07, 6.45) is 2.71. The molecule has 0 aliphatic rings. The summed E-state index contributed by atoms with van der Waals surface area (Å²) in [6.45, 7) is 5.89. The highest BCUT2D eigenvalue weighted by molar-refractivity contribution is 7.15. The van der Waals surface area contributed by atoms with Gasteiger partial charge in [-0.15, -0.1) is 23.7 Å². The second kappa shape index (κ2) is 6.83. The zero-order valence-electron chi connectivity index (χ0n) is 9.69. The molecule has 3 N–H and O–H groups in total. The second-order valence-corrected chi connectivity index (χ2v) is 4.86. The summed E-state index contributed by atoms with van der Waals surface area (Å²) in [7, 11) is 0. The van der Waals surface area contributed by atoms with Crippen molar-refractivity contribution in [2.24, 2.45) is 11.7 Å². The number of aromatic nitrogens is 1. The van der Waals surface area contributed by atoms with Crippen molar-refractivity contribution in [3.63, 3.8) is 0 Å². The average molecular weight is 264 g/mol. The lowest BCUT2D eigenvalue weighted by Crippen LogP contribution is -2.39. The molecule has 4 nitrogen and oxygen atoms in total. The molecule has 0 fully saturated rings. The van der Waals surface area contributed by atoms with E-state index in [-0.39, 0.29) is 24.2 Å². The number of nitrogens with two attached hydrogens (primary N) is 1. The number of nitrogens with zero attached hydrogens (tertiary/aromatic N) is 1. The van der Waals surface area contributed by atoms with Gasteiger partial charge < -0.3 is 11.1 Å². The molecule has 1 aromatic heterocycles. The van der Waals surface area contributed by atoms with Crippen molar-refractivity contribution in [1.82, 2.24) is 4.98 Å². The summed E-state index contributed by atoms with van der Waals surface area (Å²) in [5.74, 6) is -0.0300. The quantitative estimate of drug-likeness (QED) is 0.874. The Morgan fingerprint density at radius 3 is 2.69 bits per heavy atom. The fraction of sp³-hybridized carbons (Fsp3) is 0.600. The fourth-order valence-electron chi connectivity index (χ4n) is 1.02. The molecule has 0 bridgehead atoms. The molecule has 1 aromatic rings. The minimum absolute atomic E-state index is 0. The van der Waals surface area contributed by atoms with E-state index in [0.29, 0.717) is 5.13 Å². The van der Waals surface area contributed by atoms with Crippen LogP contribution in [-0.4, -0.2) is 16.9 Å². The average Bonchev–Trinajstić information content (AvgIpc) is 2.64. The maximum absolute atomic E-state index is 11.6. The first-order valence-electron chi connectivity index (χ1n) is 5.05. The molecule has 0 saturated carbocycles. The van der Waals surface area contributed by atoms with Crippen molar-refractivity contribution < 1.29 is 4.79 Å². The van der Waals surface area contributed by atoms with Crippen molar-refractivity contribution >= 4 is 34.8 Å². The first-order chi connectivity index (χ1) is 7.04. The molecule has 6 heteroatoms. The lowest BCUT2D eigenvalue weighted by molar-refractivity contribution is -0.118.